The number of nitrogens with two attached hydrogens (primary N) is 1. The second kappa shape index (κ2) is 5.36. The normalized spacial score (nSPS) is 10.3. The van der Waals surface area contributed by atoms with Gasteiger partial charge in [0.05, 0.1) is 17.2 Å². The van der Waals surface area contributed by atoms with Crippen molar-refractivity contribution in [3.63, 3.8) is 0 Å². The average Bonchev–Trinajstić information content (AvgIpc) is 2.74. The molecular weight excluding hydrogens is 266 g/mol. The lowest BCUT2D eigenvalue weighted by Gasteiger charge is -2.18. The van der Waals surface area contributed by atoms with Crippen molar-refractivity contribution >= 4 is 34.4 Å². The van der Waals surface area contributed by atoms with Crippen LogP contribution in [0.5, 0.6) is 0 Å². The molecule has 0 amide bonds. The molecule has 0 aliphatic carbocycles. The van der Waals surface area contributed by atoms with Gasteiger partial charge in [0.15, 0.2) is 5.82 Å². The Labute approximate surface area is 115 Å². The monoisotopic (exact) mass is 279 g/mol. The number of aromatic nitrogens is 3. The molecule has 0 spiro atoms. The molecule has 2 N–H and O–H groups in total. The third-order valence-corrected chi connectivity index (χ3v) is 3.36. The molecule has 0 aromatic carbocycles. The Morgan fingerprint density at radius 2 is 2.17 bits per heavy atom. The van der Waals surface area contributed by atoms with E-state index in [2.05, 4.69) is 15.0 Å². The van der Waals surface area contributed by atoms with Gasteiger partial charge in [-0.3, -0.25) is 0 Å². The van der Waals surface area contributed by atoms with Crippen LogP contribution in [0.4, 0.5) is 5.82 Å². The van der Waals surface area contributed by atoms with Crippen molar-refractivity contribution in [1.29, 1.82) is 0 Å². The fourth-order valence-electron chi connectivity index (χ4n) is 1.58. The summed E-state index contributed by atoms with van der Waals surface area (Å²) in [6, 6.07) is 0. The van der Waals surface area contributed by atoms with E-state index in [0.29, 0.717) is 18.1 Å². The molecule has 0 saturated carbocycles. The topological polar surface area (TPSA) is 67.9 Å². The van der Waals surface area contributed by atoms with E-state index in [1.54, 1.807) is 23.7 Å². The highest BCUT2D eigenvalue weighted by molar-refractivity contribution is 7.80. The molecule has 94 valence electrons. The minimum Gasteiger partial charge on any atom is -0.388 e. The van der Waals surface area contributed by atoms with Gasteiger partial charge in [0.1, 0.15) is 10.7 Å². The lowest BCUT2D eigenvalue weighted by molar-refractivity contribution is 0.862. The quantitative estimate of drug-likeness (QED) is 0.856. The summed E-state index contributed by atoms with van der Waals surface area (Å²) in [6.45, 7) is 2.63. The molecule has 0 bridgehead atoms. The Hall–Kier alpha value is -1.60. The maximum absolute atomic E-state index is 5.64. The second-order valence-electron chi connectivity index (χ2n) is 3.81. The van der Waals surface area contributed by atoms with Gasteiger partial charge in [-0.2, -0.15) is 0 Å². The Morgan fingerprint density at radius 3 is 2.78 bits per heavy atom. The van der Waals surface area contributed by atoms with Gasteiger partial charge in [-0.15, -0.1) is 11.3 Å². The first kappa shape index (κ1) is 12.8. The number of anilines is 1. The minimum absolute atomic E-state index is 0.249. The van der Waals surface area contributed by atoms with Gasteiger partial charge in [0, 0.05) is 24.8 Å². The zero-order valence-corrected chi connectivity index (χ0v) is 11.8. The molecule has 18 heavy (non-hydrogen) atoms. The van der Waals surface area contributed by atoms with Crippen molar-refractivity contribution in [1.82, 2.24) is 15.0 Å². The zero-order chi connectivity index (χ0) is 13.1. The molecule has 0 aliphatic heterocycles. The summed E-state index contributed by atoms with van der Waals surface area (Å²) < 4.78 is 0. The summed E-state index contributed by atoms with van der Waals surface area (Å²) in [7, 11) is 1.92. The molecule has 0 aliphatic rings. The second-order valence-corrected chi connectivity index (χ2v) is 5.31. The Bertz CT molecular complexity index is 566. The predicted molar refractivity (Wildman–Crippen MR) is 76.9 cm³/mol. The molecule has 0 saturated heterocycles. The number of nitrogens with zero attached hydrogens (tertiary/aromatic N) is 4. The van der Waals surface area contributed by atoms with Crippen LogP contribution in [0.1, 0.15) is 16.4 Å². The van der Waals surface area contributed by atoms with Crippen LogP contribution in [0.3, 0.4) is 0 Å². The summed E-state index contributed by atoms with van der Waals surface area (Å²) in [5.41, 5.74) is 7.18. The van der Waals surface area contributed by atoms with E-state index in [4.69, 9.17) is 18.0 Å². The molecule has 0 atom stereocenters. The van der Waals surface area contributed by atoms with Crippen LogP contribution < -0.4 is 10.6 Å². The van der Waals surface area contributed by atoms with Crippen molar-refractivity contribution in [3.05, 3.63) is 34.2 Å². The molecule has 0 fully saturated rings. The van der Waals surface area contributed by atoms with Crippen molar-refractivity contribution in [2.75, 3.05) is 11.9 Å². The number of rotatable bonds is 4. The highest BCUT2D eigenvalue weighted by atomic mass is 32.1. The first-order valence-electron chi connectivity index (χ1n) is 5.31. The standard InChI is InChI=1S/C11H13N5S2/c1-7-15-8(6-18-7)5-16(2)11-9(10(12)17)13-3-4-14-11/h3-4,6H,5H2,1-2H3,(H2,12,17). The van der Waals surface area contributed by atoms with Gasteiger partial charge >= 0.3 is 0 Å². The summed E-state index contributed by atoms with van der Waals surface area (Å²) >= 11 is 6.60. The van der Waals surface area contributed by atoms with Gasteiger partial charge < -0.3 is 10.6 Å². The van der Waals surface area contributed by atoms with E-state index in [1.165, 1.54) is 0 Å². The van der Waals surface area contributed by atoms with Gasteiger partial charge in [0.2, 0.25) is 0 Å². The average molecular weight is 279 g/mol. The molecule has 0 unspecified atom stereocenters. The third-order valence-electron chi connectivity index (χ3n) is 2.34. The van der Waals surface area contributed by atoms with Crippen LogP contribution >= 0.6 is 23.6 Å². The molecule has 7 heteroatoms. The number of hydrogen-bond donors (Lipinski definition) is 1. The fraction of sp³-hybridized carbons (Fsp3) is 0.273. The molecule has 5 nitrogen and oxygen atoms in total. The van der Waals surface area contributed by atoms with Crippen molar-refractivity contribution in [3.8, 4) is 0 Å². The predicted octanol–water partition coefficient (Wildman–Crippen LogP) is 1.51. The number of thiocarbonyl (C=S) groups is 1. The lowest BCUT2D eigenvalue weighted by Crippen LogP contribution is -2.24. The lowest BCUT2D eigenvalue weighted by atomic mass is 10.3. The zero-order valence-electron chi connectivity index (χ0n) is 10.1. The largest absolute Gasteiger partial charge is 0.388 e. The van der Waals surface area contributed by atoms with Crippen LogP contribution in [0.2, 0.25) is 0 Å². The van der Waals surface area contributed by atoms with Crippen LogP contribution in [0, 0.1) is 6.92 Å². The SMILES string of the molecule is Cc1nc(CN(C)c2nccnc2C(N)=S)cs1. The van der Waals surface area contributed by atoms with Crippen LogP contribution in [-0.2, 0) is 6.54 Å². The van der Waals surface area contributed by atoms with Crippen LogP contribution in [0.25, 0.3) is 0 Å². The first-order valence-corrected chi connectivity index (χ1v) is 6.59. The number of thiazole rings is 1. The van der Waals surface area contributed by atoms with Crippen molar-refractivity contribution in [2.24, 2.45) is 5.73 Å². The fourth-order valence-corrected chi connectivity index (χ4v) is 2.33. The molecule has 2 rings (SSSR count). The molecule has 2 heterocycles. The first-order chi connectivity index (χ1) is 8.58. The van der Waals surface area contributed by atoms with Gasteiger partial charge in [0.25, 0.3) is 0 Å². The highest BCUT2D eigenvalue weighted by Crippen LogP contribution is 2.17. The Kier molecular flexibility index (Phi) is 3.83. The van der Waals surface area contributed by atoms with Gasteiger partial charge in [-0.25, -0.2) is 15.0 Å². The minimum atomic E-state index is 0.249. The summed E-state index contributed by atoms with van der Waals surface area (Å²) in [4.78, 5) is 15.0. The number of hydrogen-bond acceptors (Lipinski definition) is 6. The van der Waals surface area contributed by atoms with E-state index in [1.807, 2.05) is 24.3 Å². The van der Waals surface area contributed by atoms with Crippen molar-refractivity contribution < 1.29 is 0 Å². The van der Waals surface area contributed by atoms with Gasteiger partial charge in [-0.1, -0.05) is 12.2 Å². The van der Waals surface area contributed by atoms with E-state index in [-0.39, 0.29) is 4.99 Å². The number of aryl methyl sites for hydroxylation is 1. The molecular formula is C11H13N5S2. The van der Waals surface area contributed by atoms with Crippen molar-refractivity contribution in [2.45, 2.75) is 13.5 Å². The Morgan fingerprint density at radius 1 is 1.44 bits per heavy atom. The highest BCUT2D eigenvalue weighted by Gasteiger charge is 2.13. The summed E-state index contributed by atoms with van der Waals surface area (Å²) in [5, 5.41) is 3.08. The van der Waals surface area contributed by atoms with E-state index in [0.717, 1.165) is 10.7 Å². The van der Waals surface area contributed by atoms with Gasteiger partial charge in [-0.05, 0) is 6.92 Å². The maximum Gasteiger partial charge on any atom is 0.157 e. The van der Waals surface area contributed by atoms with Crippen LogP contribution in [-0.4, -0.2) is 27.0 Å². The maximum atomic E-state index is 5.64. The molecule has 0 radical (unpaired) electrons. The van der Waals surface area contributed by atoms with E-state index >= 15 is 0 Å². The smallest absolute Gasteiger partial charge is 0.157 e. The third kappa shape index (κ3) is 2.80. The molecule has 2 aromatic rings. The Balaban J connectivity index is 2.23. The van der Waals surface area contributed by atoms with E-state index < -0.39 is 0 Å². The summed E-state index contributed by atoms with van der Waals surface area (Å²) in [5.74, 6) is 0.677. The van der Waals surface area contributed by atoms with E-state index in [9.17, 15) is 0 Å². The van der Waals surface area contributed by atoms with Crippen LogP contribution in [0.15, 0.2) is 17.8 Å². The summed E-state index contributed by atoms with van der Waals surface area (Å²) in [6.07, 6.45) is 3.21. The molecule has 2 aromatic heterocycles.